The van der Waals surface area contributed by atoms with Crippen LogP contribution in [0.25, 0.3) is 11.8 Å². The maximum absolute atomic E-state index is 13.7. The second kappa shape index (κ2) is 8.11. The zero-order valence-electron chi connectivity index (χ0n) is 20.5. The van der Waals surface area contributed by atoms with Gasteiger partial charge in [0.25, 0.3) is 0 Å². The number of rotatable bonds is 4. The summed E-state index contributed by atoms with van der Waals surface area (Å²) in [6.07, 6.45) is 15.4. The molecule has 35 heavy (non-hydrogen) atoms. The topological polar surface area (TPSA) is 51.9 Å². The summed E-state index contributed by atoms with van der Waals surface area (Å²) < 4.78 is 21.4. The Morgan fingerprint density at radius 2 is 2.14 bits per heavy atom. The minimum absolute atomic E-state index is 0.156. The van der Waals surface area contributed by atoms with Crippen molar-refractivity contribution in [1.29, 1.82) is 0 Å². The van der Waals surface area contributed by atoms with E-state index in [0.717, 1.165) is 41.5 Å². The van der Waals surface area contributed by atoms with Gasteiger partial charge in [-0.2, -0.15) is 0 Å². The van der Waals surface area contributed by atoms with Gasteiger partial charge in [0.2, 0.25) is 0 Å². The van der Waals surface area contributed by atoms with Crippen LogP contribution < -0.4 is 4.74 Å². The van der Waals surface area contributed by atoms with Crippen LogP contribution in [0.4, 0.5) is 4.39 Å². The summed E-state index contributed by atoms with van der Waals surface area (Å²) in [4.78, 5) is 12.6. The van der Waals surface area contributed by atoms with Gasteiger partial charge in [-0.3, -0.25) is 0 Å². The Morgan fingerprint density at radius 1 is 1.29 bits per heavy atom. The van der Waals surface area contributed by atoms with E-state index in [1.807, 2.05) is 23.8 Å². The highest BCUT2D eigenvalue weighted by molar-refractivity contribution is 6.03. The van der Waals surface area contributed by atoms with Gasteiger partial charge >= 0.3 is 0 Å². The van der Waals surface area contributed by atoms with Crippen LogP contribution in [0.1, 0.15) is 43.9 Å². The standard InChI is InChI=1S/C28H31FN4O2/c1-19-15-32(18-30-19)24-9-4-20(13-25(24)34-3)12-21-14-28(10-11-28)16-33-26(21)31-35-17-27(33,2)22-5-7-23(29)8-6-22/h4-5,7-9,12-13,15,18,22H,6,10-11,14,16-17H2,1-3H3/b21-12+. The van der Waals surface area contributed by atoms with E-state index in [1.165, 1.54) is 18.4 Å². The van der Waals surface area contributed by atoms with Crippen LogP contribution in [0, 0.1) is 18.3 Å². The first-order valence-electron chi connectivity index (χ1n) is 12.3. The number of hydrogen-bond acceptors (Lipinski definition) is 5. The van der Waals surface area contributed by atoms with Crippen molar-refractivity contribution in [3.63, 3.8) is 0 Å². The molecule has 1 spiro atoms. The maximum atomic E-state index is 13.7. The average Bonchev–Trinajstić information content (AvgIpc) is 3.46. The van der Waals surface area contributed by atoms with Crippen LogP contribution in [0.3, 0.4) is 0 Å². The number of nitrogens with zero attached hydrogens (tertiary/aromatic N) is 4. The van der Waals surface area contributed by atoms with Crippen molar-refractivity contribution in [2.75, 3.05) is 20.3 Å². The summed E-state index contributed by atoms with van der Waals surface area (Å²) in [6, 6.07) is 6.24. The van der Waals surface area contributed by atoms with E-state index in [1.54, 1.807) is 25.6 Å². The molecule has 2 aliphatic carbocycles. The molecule has 1 saturated heterocycles. The van der Waals surface area contributed by atoms with Crippen molar-refractivity contribution >= 4 is 11.9 Å². The van der Waals surface area contributed by atoms with E-state index in [4.69, 9.17) is 9.57 Å². The number of aryl methyl sites for hydroxylation is 1. The molecule has 182 valence electrons. The summed E-state index contributed by atoms with van der Waals surface area (Å²) in [5, 5.41) is 4.56. The summed E-state index contributed by atoms with van der Waals surface area (Å²) >= 11 is 0. The summed E-state index contributed by atoms with van der Waals surface area (Å²) in [5.41, 5.74) is 4.18. The largest absolute Gasteiger partial charge is 0.495 e. The van der Waals surface area contributed by atoms with E-state index in [9.17, 15) is 4.39 Å². The number of methoxy groups -OCH3 is 1. The minimum atomic E-state index is -0.277. The lowest BCUT2D eigenvalue weighted by Crippen LogP contribution is -2.62. The molecule has 2 atom stereocenters. The van der Waals surface area contributed by atoms with Crippen LogP contribution in [0.15, 0.2) is 65.5 Å². The Balaban J connectivity index is 1.36. The molecule has 0 bridgehead atoms. The molecule has 2 fully saturated rings. The van der Waals surface area contributed by atoms with E-state index < -0.39 is 0 Å². The van der Waals surface area contributed by atoms with Gasteiger partial charge in [-0.15, -0.1) is 0 Å². The van der Waals surface area contributed by atoms with Crippen LogP contribution in [0.5, 0.6) is 5.75 Å². The quantitative estimate of drug-likeness (QED) is 0.580. The predicted molar refractivity (Wildman–Crippen MR) is 134 cm³/mol. The van der Waals surface area contributed by atoms with Gasteiger partial charge < -0.3 is 19.0 Å². The molecule has 3 heterocycles. The van der Waals surface area contributed by atoms with E-state index >= 15 is 0 Å². The number of piperidine rings is 1. The summed E-state index contributed by atoms with van der Waals surface area (Å²) in [6.45, 7) is 5.68. The smallest absolute Gasteiger partial charge is 0.172 e. The molecular formula is C28H31FN4O2. The molecule has 1 aromatic carbocycles. The monoisotopic (exact) mass is 474 g/mol. The maximum Gasteiger partial charge on any atom is 0.172 e. The molecular weight excluding hydrogens is 443 g/mol. The molecule has 2 unspecified atom stereocenters. The Bertz CT molecular complexity index is 1290. The van der Waals surface area contributed by atoms with Crippen molar-refractivity contribution in [2.45, 2.75) is 45.1 Å². The average molecular weight is 475 g/mol. The van der Waals surface area contributed by atoms with Crippen LogP contribution in [0.2, 0.25) is 0 Å². The number of aromatic nitrogens is 2. The second-order valence-electron chi connectivity index (χ2n) is 10.6. The molecule has 2 aromatic rings. The molecule has 1 saturated carbocycles. The Kier molecular flexibility index (Phi) is 5.13. The fourth-order valence-corrected chi connectivity index (χ4v) is 5.70. The molecule has 0 radical (unpaired) electrons. The fraction of sp³-hybridized carbons (Fsp3) is 0.429. The van der Waals surface area contributed by atoms with Gasteiger partial charge in [0.1, 0.15) is 18.2 Å². The number of imidazole rings is 1. The molecule has 0 amide bonds. The van der Waals surface area contributed by atoms with Crippen LogP contribution in [-0.2, 0) is 4.84 Å². The number of amidine groups is 1. The third kappa shape index (κ3) is 3.87. The van der Waals surface area contributed by atoms with Crippen LogP contribution >= 0.6 is 0 Å². The second-order valence-corrected chi connectivity index (χ2v) is 10.6. The molecule has 6 nitrogen and oxygen atoms in total. The Morgan fingerprint density at radius 3 is 2.83 bits per heavy atom. The van der Waals surface area contributed by atoms with Crippen LogP contribution in [-0.4, -0.2) is 46.1 Å². The molecule has 1 aromatic heterocycles. The molecule has 4 aliphatic rings. The Hall–Kier alpha value is -3.35. The lowest BCUT2D eigenvalue weighted by molar-refractivity contribution is -0.0254. The van der Waals surface area contributed by atoms with Gasteiger partial charge in [-0.05, 0) is 86.4 Å². The lowest BCUT2D eigenvalue weighted by atomic mass is 9.76. The third-order valence-electron chi connectivity index (χ3n) is 8.07. The highest BCUT2D eigenvalue weighted by Crippen LogP contribution is 2.56. The number of benzene rings is 1. The first-order valence-corrected chi connectivity index (χ1v) is 12.3. The molecule has 6 rings (SSSR count). The number of halogens is 1. The van der Waals surface area contributed by atoms with E-state index in [-0.39, 0.29) is 17.3 Å². The number of hydrogen-bond donors (Lipinski definition) is 0. The van der Waals surface area contributed by atoms with Gasteiger partial charge in [0.05, 0.1) is 30.4 Å². The van der Waals surface area contributed by atoms with E-state index in [0.29, 0.717) is 18.4 Å². The molecule has 2 aliphatic heterocycles. The first-order chi connectivity index (χ1) is 16.9. The highest BCUT2D eigenvalue weighted by Gasteiger charge is 2.55. The van der Waals surface area contributed by atoms with Crippen molar-refractivity contribution < 1.29 is 14.0 Å². The van der Waals surface area contributed by atoms with E-state index in [2.05, 4.69) is 46.2 Å². The van der Waals surface area contributed by atoms with Crippen molar-refractivity contribution in [2.24, 2.45) is 16.5 Å². The number of oxime groups is 1. The van der Waals surface area contributed by atoms with Crippen molar-refractivity contribution in [3.05, 3.63) is 71.6 Å². The SMILES string of the molecule is COc1cc(/C=C2\CC3(CC3)CN3C2=NOCC3(C)C2C=CC(F)=CC2)ccc1-n1cnc(C)c1. The Labute approximate surface area is 205 Å². The fourth-order valence-electron chi connectivity index (χ4n) is 5.70. The zero-order valence-corrected chi connectivity index (χ0v) is 20.5. The van der Waals surface area contributed by atoms with Gasteiger partial charge in [0.15, 0.2) is 5.84 Å². The summed E-state index contributed by atoms with van der Waals surface area (Å²) in [5.74, 6) is 1.71. The number of ether oxygens (including phenoxy) is 1. The number of fused-ring (bicyclic) bond motifs is 1. The molecule has 7 heteroatoms. The highest BCUT2D eigenvalue weighted by atomic mass is 19.1. The number of allylic oxidation sites excluding steroid dienone is 3. The summed E-state index contributed by atoms with van der Waals surface area (Å²) in [7, 11) is 1.69. The van der Waals surface area contributed by atoms with Gasteiger partial charge in [-0.25, -0.2) is 9.37 Å². The van der Waals surface area contributed by atoms with Crippen molar-refractivity contribution in [1.82, 2.24) is 14.5 Å². The predicted octanol–water partition coefficient (Wildman–Crippen LogP) is 5.59. The normalized spacial score (nSPS) is 27.8. The van der Waals surface area contributed by atoms with Gasteiger partial charge in [-0.1, -0.05) is 17.3 Å². The first kappa shape index (κ1) is 22.1. The molecule has 0 N–H and O–H groups in total. The zero-order chi connectivity index (χ0) is 24.2. The lowest BCUT2D eigenvalue weighted by Gasteiger charge is -2.52. The third-order valence-corrected chi connectivity index (χ3v) is 8.07. The van der Waals surface area contributed by atoms with Gasteiger partial charge in [0, 0.05) is 18.7 Å². The minimum Gasteiger partial charge on any atom is -0.495 e. The van der Waals surface area contributed by atoms with Crippen molar-refractivity contribution in [3.8, 4) is 11.4 Å².